The fourth-order valence-corrected chi connectivity index (χ4v) is 2.27. The van der Waals surface area contributed by atoms with Gasteiger partial charge in [0, 0.05) is 17.7 Å². The van der Waals surface area contributed by atoms with Gasteiger partial charge in [0.05, 0.1) is 10.6 Å². The second-order valence-electron chi connectivity index (χ2n) is 6.66. The Morgan fingerprint density at radius 1 is 1.04 bits per heavy atom. The molecule has 1 amide bonds. The van der Waals surface area contributed by atoms with Crippen LogP contribution in [0.4, 0.5) is 11.4 Å². The molecule has 3 N–H and O–H groups in total. The number of carbonyl (C=O) groups excluding carboxylic acids is 1. The Bertz CT molecular complexity index is 812. The maximum absolute atomic E-state index is 12.2. The number of nitrogens with zero attached hydrogens (tertiary/aromatic N) is 1. The van der Waals surface area contributed by atoms with Gasteiger partial charge >= 0.3 is 0 Å². The van der Waals surface area contributed by atoms with Gasteiger partial charge in [0.15, 0.2) is 5.11 Å². The minimum atomic E-state index is -0.479. The molecule has 136 valence electrons. The molecule has 0 aromatic heterocycles. The minimum absolute atomic E-state index is 0.00914. The molecule has 0 heterocycles. The zero-order chi connectivity index (χ0) is 19.3. The van der Waals surface area contributed by atoms with Crippen molar-refractivity contribution in [2.75, 3.05) is 5.43 Å². The number of hydrogen-bond acceptors (Lipinski definition) is 5. The molecule has 0 spiro atoms. The molecule has 0 aliphatic rings. The molecule has 0 fully saturated rings. The first kappa shape index (κ1) is 19.3. The molecule has 2 rings (SSSR count). The smallest absolute Gasteiger partial charge is 0.269 e. The molecule has 0 radical (unpaired) electrons. The summed E-state index contributed by atoms with van der Waals surface area (Å²) < 4.78 is 0. The quantitative estimate of drug-likeness (QED) is 0.432. The van der Waals surface area contributed by atoms with Gasteiger partial charge in [0.25, 0.3) is 11.6 Å². The topological polar surface area (TPSA) is 96.3 Å². The highest BCUT2D eigenvalue weighted by Gasteiger charge is 2.14. The molecule has 0 aliphatic carbocycles. The Morgan fingerprint density at radius 2 is 1.62 bits per heavy atom. The van der Waals surface area contributed by atoms with Crippen molar-refractivity contribution < 1.29 is 9.72 Å². The minimum Gasteiger partial charge on any atom is -0.299 e. The Balaban J connectivity index is 1.88. The van der Waals surface area contributed by atoms with Crippen molar-refractivity contribution in [1.82, 2.24) is 10.7 Å². The summed E-state index contributed by atoms with van der Waals surface area (Å²) in [6.07, 6.45) is 0. The van der Waals surface area contributed by atoms with Crippen molar-refractivity contribution in [3.8, 4) is 0 Å². The van der Waals surface area contributed by atoms with E-state index in [9.17, 15) is 14.9 Å². The third kappa shape index (κ3) is 5.25. The predicted octanol–water partition coefficient (Wildman–Crippen LogP) is 3.52. The van der Waals surface area contributed by atoms with Crippen LogP contribution in [0.3, 0.4) is 0 Å². The van der Waals surface area contributed by atoms with Gasteiger partial charge in [0.1, 0.15) is 0 Å². The highest BCUT2D eigenvalue weighted by molar-refractivity contribution is 7.80. The number of amides is 1. The molecule has 0 atom stereocenters. The van der Waals surface area contributed by atoms with E-state index >= 15 is 0 Å². The van der Waals surface area contributed by atoms with Crippen molar-refractivity contribution in [1.29, 1.82) is 0 Å². The Kier molecular flexibility index (Phi) is 5.89. The van der Waals surface area contributed by atoms with Gasteiger partial charge in [-0.25, -0.2) is 0 Å². The highest BCUT2D eigenvalue weighted by atomic mass is 32.1. The SMILES string of the molecule is CC(C)(C)c1ccc(C(=O)NC(=S)NNc2ccc([N+](=O)[O-])cc2)cc1. The Morgan fingerprint density at radius 3 is 2.12 bits per heavy atom. The van der Waals surface area contributed by atoms with E-state index in [4.69, 9.17) is 12.2 Å². The molecule has 8 heteroatoms. The first-order valence-electron chi connectivity index (χ1n) is 7.89. The number of nitrogens with one attached hydrogen (secondary N) is 3. The standard InChI is InChI=1S/C18H20N4O3S/c1-18(2,3)13-6-4-12(5-7-13)16(23)19-17(26)21-20-14-8-10-15(11-9-14)22(24)25/h4-11,20H,1-3H3,(H2,19,21,23,26). The summed E-state index contributed by atoms with van der Waals surface area (Å²) in [5.74, 6) is -0.326. The van der Waals surface area contributed by atoms with Crippen LogP contribution in [-0.4, -0.2) is 15.9 Å². The lowest BCUT2D eigenvalue weighted by molar-refractivity contribution is -0.384. The summed E-state index contributed by atoms with van der Waals surface area (Å²) in [7, 11) is 0. The van der Waals surface area contributed by atoms with Crippen molar-refractivity contribution in [2.45, 2.75) is 26.2 Å². The number of hydrazine groups is 1. The van der Waals surface area contributed by atoms with Crippen LogP contribution >= 0.6 is 12.2 Å². The molecule has 7 nitrogen and oxygen atoms in total. The molecular formula is C18H20N4O3S. The largest absolute Gasteiger partial charge is 0.299 e. The first-order valence-corrected chi connectivity index (χ1v) is 8.30. The van der Waals surface area contributed by atoms with E-state index < -0.39 is 4.92 Å². The average Bonchev–Trinajstić information content (AvgIpc) is 2.59. The predicted molar refractivity (Wildman–Crippen MR) is 105 cm³/mol. The van der Waals surface area contributed by atoms with Crippen LogP contribution in [-0.2, 0) is 5.41 Å². The molecule has 0 unspecified atom stereocenters. The number of nitro benzene ring substituents is 1. The van der Waals surface area contributed by atoms with Crippen LogP contribution in [0.1, 0.15) is 36.7 Å². The van der Waals surface area contributed by atoms with Gasteiger partial charge in [-0.05, 0) is 47.5 Å². The third-order valence-electron chi connectivity index (χ3n) is 3.64. The lowest BCUT2D eigenvalue weighted by atomic mass is 9.87. The van der Waals surface area contributed by atoms with Gasteiger partial charge in [-0.2, -0.15) is 0 Å². The molecule has 2 aromatic carbocycles. The molecule has 26 heavy (non-hydrogen) atoms. The molecule has 2 aromatic rings. The van der Waals surface area contributed by atoms with Crippen molar-refractivity contribution >= 4 is 34.6 Å². The van der Waals surface area contributed by atoms with Crippen LogP contribution in [0, 0.1) is 10.1 Å². The maximum Gasteiger partial charge on any atom is 0.269 e. The summed E-state index contributed by atoms with van der Waals surface area (Å²) >= 11 is 5.07. The summed E-state index contributed by atoms with van der Waals surface area (Å²) in [6.45, 7) is 6.31. The van der Waals surface area contributed by atoms with E-state index in [0.29, 0.717) is 11.3 Å². The zero-order valence-corrected chi connectivity index (χ0v) is 15.5. The van der Waals surface area contributed by atoms with Crippen LogP contribution in [0.5, 0.6) is 0 Å². The van der Waals surface area contributed by atoms with E-state index in [1.54, 1.807) is 12.1 Å². The molecule has 0 bridgehead atoms. The second-order valence-corrected chi connectivity index (χ2v) is 7.07. The number of nitro groups is 1. The van der Waals surface area contributed by atoms with E-state index in [2.05, 4.69) is 36.9 Å². The normalized spacial score (nSPS) is 10.7. The highest BCUT2D eigenvalue weighted by Crippen LogP contribution is 2.22. The molecule has 0 aliphatic heterocycles. The van der Waals surface area contributed by atoms with Gasteiger partial charge in [0.2, 0.25) is 0 Å². The van der Waals surface area contributed by atoms with Gasteiger partial charge in [-0.1, -0.05) is 32.9 Å². The number of thiocarbonyl (C=S) groups is 1. The number of anilines is 1. The fraction of sp³-hybridized carbons (Fsp3) is 0.222. The average molecular weight is 372 g/mol. The first-order chi connectivity index (χ1) is 12.2. The third-order valence-corrected chi connectivity index (χ3v) is 3.84. The fourth-order valence-electron chi connectivity index (χ4n) is 2.12. The maximum atomic E-state index is 12.2. The number of rotatable bonds is 4. The number of benzene rings is 2. The van der Waals surface area contributed by atoms with Gasteiger partial charge in [-0.3, -0.25) is 31.1 Å². The lowest BCUT2D eigenvalue weighted by Crippen LogP contribution is -2.41. The van der Waals surface area contributed by atoms with E-state index in [0.717, 1.165) is 5.56 Å². The molecule has 0 saturated heterocycles. The Labute approximate surface area is 156 Å². The van der Waals surface area contributed by atoms with E-state index in [1.165, 1.54) is 24.3 Å². The van der Waals surface area contributed by atoms with Gasteiger partial charge in [-0.15, -0.1) is 0 Å². The van der Waals surface area contributed by atoms with Crippen LogP contribution in [0.25, 0.3) is 0 Å². The van der Waals surface area contributed by atoms with Crippen LogP contribution in [0.2, 0.25) is 0 Å². The van der Waals surface area contributed by atoms with Crippen molar-refractivity contribution in [3.63, 3.8) is 0 Å². The lowest BCUT2D eigenvalue weighted by Gasteiger charge is -2.19. The zero-order valence-electron chi connectivity index (χ0n) is 14.7. The Hall–Kier alpha value is -3.00. The molecule has 0 saturated carbocycles. The summed E-state index contributed by atoms with van der Waals surface area (Å²) in [4.78, 5) is 22.3. The summed E-state index contributed by atoms with van der Waals surface area (Å²) in [5.41, 5.74) is 7.64. The van der Waals surface area contributed by atoms with Crippen LogP contribution < -0.4 is 16.2 Å². The number of non-ortho nitro benzene ring substituents is 1. The number of hydrogen-bond donors (Lipinski definition) is 3. The van der Waals surface area contributed by atoms with Crippen molar-refractivity contribution in [3.05, 3.63) is 69.8 Å². The van der Waals surface area contributed by atoms with Crippen molar-refractivity contribution in [2.24, 2.45) is 0 Å². The number of carbonyl (C=O) groups is 1. The second kappa shape index (κ2) is 7.92. The van der Waals surface area contributed by atoms with Gasteiger partial charge < -0.3 is 0 Å². The van der Waals surface area contributed by atoms with Crippen LogP contribution in [0.15, 0.2) is 48.5 Å². The summed E-state index contributed by atoms with van der Waals surface area (Å²) in [6, 6.07) is 13.1. The molecular weight excluding hydrogens is 352 g/mol. The van der Waals surface area contributed by atoms with E-state index in [1.807, 2.05) is 12.1 Å². The summed E-state index contributed by atoms with van der Waals surface area (Å²) in [5, 5.41) is 13.3. The monoisotopic (exact) mass is 372 g/mol. The van der Waals surface area contributed by atoms with E-state index in [-0.39, 0.29) is 22.1 Å².